The smallest absolute Gasteiger partial charge is 0.303 e. The summed E-state index contributed by atoms with van der Waals surface area (Å²) in [6, 6.07) is 1.92. The van der Waals surface area contributed by atoms with Gasteiger partial charge in [0, 0.05) is 6.42 Å². The molecule has 0 spiro atoms. The lowest BCUT2D eigenvalue weighted by molar-refractivity contribution is -0.136. The Bertz CT molecular complexity index is 454. The maximum atomic E-state index is 10.5. The predicted molar refractivity (Wildman–Crippen MR) is 65.7 cm³/mol. The fourth-order valence-electron chi connectivity index (χ4n) is 2.33. The maximum Gasteiger partial charge on any atom is 0.303 e. The Morgan fingerprint density at radius 2 is 2.06 bits per heavy atom. The van der Waals surface area contributed by atoms with Gasteiger partial charge in [0.1, 0.15) is 5.75 Å². The van der Waals surface area contributed by atoms with Crippen molar-refractivity contribution in [3.8, 4) is 5.75 Å². The average Bonchev–Trinajstić information content (AvgIpc) is 2.32. The van der Waals surface area contributed by atoms with E-state index in [1.54, 1.807) is 0 Å². The van der Waals surface area contributed by atoms with Crippen LogP contribution in [0.2, 0.25) is 5.02 Å². The Morgan fingerprint density at radius 1 is 1.35 bits per heavy atom. The number of phenolic OH excluding ortho intramolecular Hbond substituents is 1. The van der Waals surface area contributed by atoms with Crippen molar-refractivity contribution in [3.63, 3.8) is 0 Å². The van der Waals surface area contributed by atoms with E-state index in [0.717, 1.165) is 31.2 Å². The standard InChI is InChI=1S/C13H15ClO3/c14-12-10-4-2-1-3-8(10)7-9(13(12)17)5-6-11(15)16/h7,17H,1-6H2,(H,15,16). The van der Waals surface area contributed by atoms with Crippen molar-refractivity contribution >= 4 is 17.6 Å². The van der Waals surface area contributed by atoms with Crippen molar-refractivity contribution in [1.29, 1.82) is 0 Å². The van der Waals surface area contributed by atoms with Gasteiger partial charge in [-0.25, -0.2) is 0 Å². The minimum Gasteiger partial charge on any atom is -0.506 e. The Morgan fingerprint density at radius 3 is 2.76 bits per heavy atom. The second kappa shape index (κ2) is 4.96. The third-order valence-corrected chi connectivity index (χ3v) is 3.65. The van der Waals surface area contributed by atoms with Crippen LogP contribution >= 0.6 is 11.6 Å². The number of rotatable bonds is 3. The molecule has 0 bridgehead atoms. The first kappa shape index (κ1) is 12.2. The molecule has 92 valence electrons. The number of phenols is 1. The average molecular weight is 255 g/mol. The van der Waals surface area contributed by atoms with Gasteiger partial charge >= 0.3 is 5.97 Å². The molecular formula is C13H15ClO3. The van der Waals surface area contributed by atoms with Crippen molar-refractivity contribution in [2.24, 2.45) is 0 Å². The van der Waals surface area contributed by atoms with E-state index in [4.69, 9.17) is 16.7 Å². The molecule has 0 saturated carbocycles. The zero-order chi connectivity index (χ0) is 12.4. The van der Waals surface area contributed by atoms with Gasteiger partial charge in [0.15, 0.2) is 0 Å². The van der Waals surface area contributed by atoms with Crippen LogP contribution in [0.4, 0.5) is 0 Å². The molecule has 2 rings (SSSR count). The van der Waals surface area contributed by atoms with Gasteiger partial charge in [0.2, 0.25) is 0 Å². The number of aromatic hydroxyl groups is 1. The number of aliphatic carboxylic acids is 1. The van der Waals surface area contributed by atoms with Crippen LogP contribution in [0.5, 0.6) is 5.75 Å². The zero-order valence-electron chi connectivity index (χ0n) is 9.50. The predicted octanol–water partition coefficient (Wildman–Crippen LogP) is 2.94. The highest BCUT2D eigenvalue weighted by molar-refractivity contribution is 6.33. The first-order valence-electron chi connectivity index (χ1n) is 5.83. The van der Waals surface area contributed by atoms with Crippen molar-refractivity contribution in [1.82, 2.24) is 0 Å². The molecule has 2 N–H and O–H groups in total. The largest absolute Gasteiger partial charge is 0.506 e. The number of carboxylic acid groups (broad SMARTS) is 1. The first-order chi connectivity index (χ1) is 8.09. The van der Waals surface area contributed by atoms with Crippen LogP contribution < -0.4 is 0 Å². The molecule has 1 aromatic carbocycles. The van der Waals surface area contributed by atoms with Crippen LogP contribution in [0.1, 0.15) is 36.0 Å². The molecule has 0 atom stereocenters. The quantitative estimate of drug-likeness (QED) is 0.872. The minimum atomic E-state index is -0.863. The Labute approximate surface area is 105 Å². The SMILES string of the molecule is O=C(O)CCc1cc2c(c(Cl)c1O)CCCC2. The number of carbonyl (C=O) groups is 1. The highest BCUT2D eigenvalue weighted by Crippen LogP contribution is 2.37. The van der Waals surface area contributed by atoms with E-state index in [0.29, 0.717) is 17.0 Å². The number of hydrogen-bond acceptors (Lipinski definition) is 2. The van der Waals surface area contributed by atoms with Gasteiger partial charge in [-0.2, -0.15) is 0 Å². The van der Waals surface area contributed by atoms with E-state index < -0.39 is 5.97 Å². The number of fused-ring (bicyclic) bond motifs is 1. The van der Waals surface area contributed by atoms with Crippen LogP contribution in [0.15, 0.2) is 6.07 Å². The molecule has 0 aromatic heterocycles. The molecule has 0 fully saturated rings. The molecule has 17 heavy (non-hydrogen) atoms. The Balaban J connectivity index is 2.33. The molecule has 1 aromatic rings. The Kier molecular flexibility index (Phi) is 3.57. The van der Waals surface area contributed by atoms with E-state index in [2.05, 4.69) is 0 Å². The van der Waals surface area contributed by atoms with Crippen LogP contribution in [0, 0.1) is 0 Å². The molecule has 4 heteroatoms. The molecule has 0 aliphatic heterocycles. The van der Waals surface area contributed by atoms with Gasteiger partial charge in [-0.3, -0.25) is 4.79 Å². The third kappa shape index (κ3) is 2.55. The lowest BCUT2D eigenvalue weighted by Crippen LogP contribution is -2.06. The first-order valence-corrected chi connectivity index (χ1v) is 6.21. The highest BCUT2D eigenvalue weighted by atomic mass is 35.5. The van der Waals surface area contributed by atoms with Crippen molar-refractivity contribution < 1.29 is 15.0 Å². The number of benzene rings is 1. The minimum absolute atomic E-state index is 0.0165. The van der Waals surface area contributed by atoms with Gasteiger partial charge < -0.3 is 10.2 Å². The summed E-state index contributed by atoms with van der Waals surface area (Å²) >= 11 is 6.13. The molecule has 1 aliphatic carbocycles. The van der Waals surface area contributed by atoms with Crippen molar-refractivity contribution in [3.05, 3.63) is 27.8 Å². The van der Waals surface area contributed by atoms with Crippen LogP contribution in [0.25, 0.3) is 0 Å². The lowest BCUT2D eigenvalue weighted by atomic mass is 9.89. The number of hydrogen-bond donors (Lipinski definition) is 2. The summed E-state index contributed by atoms with van der Waals surface area (Å²) in [5.41, 5.74) is 2.85. The summed E-state index contributed by atoms with van der Waals surface area (Å²) in [5.74, 6) is -0.799. The normalized spacial score (nSPS) is 14.4. The van der Waals surface area contributed by atoms with E-state index in [-0.39, 0.29) is 12.2 Å². The molecule has 0 saturated heterocycles. The van der Waals surface area contributed by atoms with Crippen molar-refractivity contribution in [2.75, 3.05) is 0 Å². The van der Waals surface area contributed by atoms with Crippen molar-refractivity contribution in [2.45, 2.75) is 38.5 Å². The third-order valence-electron chi connectivity index (χ3n) is 3.24. The second-order valence-electron chi connectivity index (χ2n) is 4.44. The topological polar surface area (TPSA) is 57.5 Å². The number of carboxylic acids is 1. The van der Waals surface area contributed by atoms with Crippen LogP contribution in [0.3, 0.4) is 0 Å². The summed E-state index contributed by atoms with van der Waals surface area (Å²) in [7, 11) is 0. The van der Waals surface area contributed by atoms with Crippen LogP contribution in [-0.2, 0) is 24.1 Å². The van der Waals surface area contributed by atoms with E-state index in [1.165, 1.54) is 5.56 Å². The monoisotopic (exact) mass is 254 g/mol. The molecule has 0 radical (unpaired) electrons. The summed E-state index contributed by atoms with van der Waals surface area (Å²) in [5, 5.41) is 19.0. The molecular weight excluding hydrogens is 240 g/mol. The molecule has 1 aliphatic rings. The number of aryl methyl sites for hydroxylation is 2. The summed E-state index contributed by atoms with van der Waals surface area (Å²) in [6.45, 7) is 0. The second-order valence-corrected chi connectivity index (χ2v) is 4.81. The van der Waals surface area contributed by atoms with E-state index in [1.807, 2.05) is 6.07 Å². The van der Waals surface area contributed by atoms with Gasteiger partial charge in [0.05, 0.1) is 5.02 Å². The van der Waals surface area contributed by atoms with E-state index in [9.17, 15) is 9.90 Å². The Hall–Kier alpha value is -1.22. The molecule has 0 heterocycles. The van der Waals surface area contributed by atoms with Gasteiger partial charge in [-0.05, 0) is 48.8 Å². The fourth-order valence-corrected chi connectivity index (χ4v) is 2.67. The van der Waals surface area contributed by atoms with Crippen LogP contribution in [-0.4, -0.2) is 16.2 Å². The zero-order valence-corrected chi connectivity index (χ0v) is 10.3. The molecule has 0 amide bonds. The van der Waals surface area contributed by atoms with Gasteiger partial charge in [-0.1, -0.05) is 17.7 Å². The fraction of sp³-hybridized carbons (Fsp3) is 0.462. The highest BCUT2D eigenvalue weighted by Gasteiger charge is 2.18. The summed E-state index contributed by atoms with van der Waals surface area (Å²) < 4.78 is 0. The van der Waals surface area contributed by atoms with E-state index >= 15 is 0 Å². The molecule has 3 nitrogen and oxygen atoms in total. The molecule has 0 unspecified atom stereocenters. The summed E-state index contributed by atoms with van der Waals surface area (Å²) in [4.78, 5) is 10.5. The lowest BCUT2D eigenvalue weighted by Gasteiger charge is -2.19. The summed E-state index contributed by atoms with van der Waals surface area (Å²) in [6.07, 6.45) is 4.44. The van der Waals surface area contributed by atoms with Gasteiger partial charge in [-0.15, -0.1) is 0 Å². The number of halogens is 1. The van der Waals surface area contributed by atoms with Gasteiger partial charge in [0.25, 0.3) is 0 Å². The maximum absolute atomic E-state index is 10.5.